The molecule has 0 aliphatic carbocycles. The van der Waals surface area contributed by atoms with E-state index in [4.69, 9.17) is 0 Å². The fourth-order valence-electron chi connectivity index (χ4n) is 2.77. The minimum atomic E-state index is 0.357. The average Bonchev–Trinajstić information content (AvgIpc) is 2.48. The normalized spacial score (nSPS) is 13.9. The Kier molecular flexibility index (Phi) is 5.58. The fourth-order valence-corrected chi connectivity index (χ4v) is 2.77. The molecule has 2 atom stereocenters. The summed E-state index contributed by atoms with van der Waals surface area (Å²) in [6.07, 6.45) is 2.37. The minimum absolute atomic E-state index is 0.357. The molecule has 21 heavy (non-hydrogen) atoms. The lowest BCUT2D eigenvalue weighted by atomic mass is 10.0. The Labute approximate surface area is 129 Å². The Morgan fingerprint density at radius 2 is 1.57 bits per heavy atom. The first-order valence-electron chi connectivity index (χ1n) is 8.01. The van der Waals surface area contributed by atoms with Crippen LogP contribution in [0.15, 0.2) is 48.5 Å². The van der Waals surface area contributed by atoms with Gasteiger partial charge < -0.3 is 5.32 Å². The molecule has 0 aromatic heterocycles. The molecule has 0 saturated heterocycles. The van der Waals surface area contributed by atoms with Crippen molar-refractivity contribution in [2.75, 3.05) is 0 Å². The molecule has 0 saturated carbocycles. The maximum absolute atomic E-state index is 3.69. The Hall–Kier alpha value is -1.60. The zero-order chi connectivity index (χ0) is 15.2. The molecule has 1 unspecified atom stereocenters. The molecule has 0 radical (unpaired) electrons. The van der Waals surface area contributed by atoms with Crippen LogP contribution < -0.4 is 5.32 Å². The highest BCUT2D eigenvalue weighted by atomic mass is 14.9. The maximum Gasteiger partial charge on any atom is 0.0297 e. The van der Waals surface area contributed by atoms with Gasteiger partial charge in [0.25, 0.3) is 0 Å². The van der Waals surface area contributed by atoms with Gasteiger partial charge in [0.1, 0.15) is 0 Å². The third-order valence-corrected chi connectivity index (χ3v) is 4.06. The second kappa shape index (κ2) is 7.42. The zero-order valence-electron chi connectivity index (χ0n) is 13.7. The summed E-state index contributed by atoms with van der Waals surface area (Å²) in [6, 6.07) is 18.5. The summed E-state index contributed by atoms with van der Waals surface area (Å²) >= 11 is 0. The van der Waals surface area contributed by atoms with E-state index < -0.39 is 0 Å². The van der Waals surface area contributed by atoms with Gasteiger partial charge in [-0.2, -0.15) is 0 Å². The first-order valence-corrected chi connectivity index (χ1v) is 8.01. The minimum Gasteiger partial charge on any atom is -0.304 e. The van der Waals surface area contributed by atoms with Crippen molar-refractivity contribution in [2.24, 2.45) is 0 Å². The van der Waals surface area contributed by atoms with E-state index in [-0.39, 0.29) is 0 Å². The van der Waals surface area contributed by atoms with Crippen molar-refractivity contribution >= 4 is 0 Å². The number of hydrogen-bond donors (Lipinski definition) is 1. The molecule has 112 valence electrons. The van der Waals surface area contributed by atoms with E-state index >= 15 is 0 Å². The van der Waals surface area contributed by atoms with E-state index in [1.807, 2.05) is 0 Å². The van der Waals surface area contributed by atoms with E-state index in [2.05, 4.69) is 81.5 Å². The van der Waals surface area contributed by atoms with Crippen LogP contribution in [0.25, 0.3) is 0 Å². The average molecular weight is 281 g/mol. The molecular weight excluding hydrogens is 254 g/mol. The lowest BCUT2D eigenvalue weighted by Gasteiger charge is -2.21. The highest BCUT2D eigenvalue weighted by molar-refractivity contribution is 5.27. The van der Waals surface area contributed by atoms with Crippen LogP contribution in [0.4, 0.5) is 0 Å². The summed E-state index contributed by atoms with van der Waals surface area (Å²) in [5.41, 5.74) is 5.46. The van der Waals surface area contributed by atoms with E-state index in [1.54, 1.807) is 0 Å². The predicted octanol–water partition coefficient (Wildman–Crippen LogP) is 5.36. The molecule has 2 aromatic rings. The van der Waals surface area contributed by atoms with Crippen molar-refractivity contribution in [3.8, 4) is 0 Å². The molecule has 1 nitrogen and oxygen atoms in total. The Morgan fingerprint density at radius 3 is 2.19 bits per heavy atom. The smallest absolute Gasteiger partial charge is 0.0297 e. The van der Waals surface area contributed by atoms with Gasteiger partial charge in [0.05, 0.1) is 0 Å². The van der Waals surface area contributed by atoms with Crippen LogP contribution in [-0.4, -0.2) is 0 Å². The number of nitrogens with one attached hydrogen (secondary N) is 1. The fraction of sp³-hybridized carbons (Fsp3) is 0.400. The van der Waals surface area contributed by atoms with Crippen molar-refractivity contribution in [3.05, 3.63) is 70.8 Å². The molecule has 0 aliphatic rings. The van der Waals surface area contributed by atoms with Gasteiger partial charge >= 0.3 is 0 Å². The second-order valence-electron chi connectivity index (χ2n) is 6.02. The van der Waals surface area contributed by atoms with Gasteiger partial charge in [-0.1, -0.05) is 67.4 Å². The van der Waals surface area contributed by atoms with Crippen LogP contribution >= 0.6 is 0 Å². The second-order valence-corrected chi connectivity index (χ2v) is 6.02. The molecular formula is C20H27N. The summed E-state index contributed by atoms with van der Waals surface area (Å²) in [6.45, 7) is 8.84. The van der Waals surface area contributed by atoms with Crippen LogP contribution in [0.3, 0.4) is 0 Å². The monoisotopic (exact) mass is 281 g/mol. The number of hydrogen-bond acceptors (Lipinski definition) is 1. The van der Waals surface area contributed by atoms with Crippen LogP contribution in [0.2, 0.25) is 0 Å². The Bertz CT molecular complexity index is 556. The number of rotatable bonds is 6. The molecule has 0 amide bonds. The molecule has 2 aromatic carbocycles. The highest BCUT2D eigenvalue weighted by Crippen LogP contribution is 2.20. The van der Waals surface area contributed by atoms with Crippen molar-refractivity contribution in [3.63, 3.8) is 0 Å². The van der Waals surface area contributed by atoms with E-state index in [9.17, 15) is 0 Å². The Balaban J connectivity index is 2.01. The molecule has 0 fully saturated rings. The van der Waals surface area contributed by atoms with Gasteiger partial charge in [-0.3, -0.25) is 0 Å². The highest BCUT2D eigenvalue weighted by Gasteiger charge is 2.11. The number of aryl methyl sites for hydroxylation is 2. The van der Waals surface area contributed by atoms with Crippen LogP contribution in [-0.2, 0) is 6.42 Å². The van der Waals surface area contributed by atoms with E-state index in [1.165, 1.54) is 35.1 Å². The topological polar surface area (TPSA) is 12.0 Å². The standard InChI is InChI=1S/C20H27N/c1-5-7-18-10-12-19(13-11-18)16(3)21-17(4)20-9-6-8-15(2)14-20/h6,8-14,16-17,21H,5,7H2,1-4H3/t16?,17-/m0/s1. The lowest BCUT2D eigenvalue weighted by molar-refractivity contribution is 0.494. The molecule has 0 heterocycles. The SMILES string of the molecule is CCCc1ccc(C(C)N[C@@H](C)c2cccc(C)c2)cc1. The third kappa shape index (κ3) is 4.44. The van der Waals surface area contributed by atoms with E-state index in [0.29, 0.717) is 12.1 Å². The molecule has 2 rings (SSSR count). The van der Waals surface area contributed by atoms with Gasteiger partial charge in [-0.25, -0.2) is 0 Å². The summed E-state index contributed by atoms with van der Waals surface area (Å²) < 4.78 is 0. The van der Waals surface area contributed by atoms with Crippen molar-refractivity contribution in [1.82, 2.24) is 5.32 Å². The maximum atomic E-state index is 3.69. The van der Waals surface area contributed by atoms with Gasteiger partial charge in [-0.05, 0) is 43.9 Å². The van der Waals surface area contributed by atoms with Crippen molar-refractivity contribution in [2.45, 2.75) is 52.6 Å². The molecule has 1 heteroatoms. The summed E-state index contributed by atoms with van der Waals surface area (Å²) in [5, 5.41) is 3.69. The lowest BCUT2D eigenvalue weighted by Crippen LogP contribution is -2.22. The third-order valence-electron chi connectivity index (χ3n) is 4.06. The summed E-state index contributed by atoms with van der Waals surface area (Å²) in [7, 11) is 0. The molecule has 1 N–H and O–H groups in total. The molecule has 0 bridgehead atoms. The quantitative estimate of drug-likeness (QED) is 0.751. The van der Waals surface area contributed by atoms with Crippen LogP contribution in [0.1, 0.15) is 61.5 Å². The molecule has 0 spiro atoms. The number of benzene rings is 2. The van der Waals surface area contributed by atoms with E-state index in [0.717, 1.165) is 0 Å². The summed E-state index contributed by atoms with van der Waals surface area (Å²) in [5.74, 6) is 0. The molecule has 0 aliphatic heterocycles. The zero-order valence-corrected chi connectivity index (χ0v) is 13.7. The van der Waals surface area contributed by atoms with Gasteiger partial charge in [0, 0.05) is 12.1 Å². The van der Waals surface area contributed by atoms with Gasteiger partial charge in [-0.15, -0.1) is 0 Å². The van der Waals surface area contributed by atoms with Gasteiger partial charge in [0.15, 0.2) is 0 Å². The first-order chi connectivity index (χ1) is 10.1. The first kappa shape index (κ1) is 15.8. The van der Waals surface area contributed by atoms with Crippen molar-refractivity contribution in [1.29, 1.82) is 0 Å². The van der Waals surface area contributed by atoms with Gasteiger partial charge in [0.2, 0.25) is 0 Å². The van der Waals surface area contributed by atoms with Crippen LogP contribution in [0.5, 0.6) is 0 Å². The Morgan fingerprint density at radius 1 is 0.905 bits per heavy atom. The van der Waals surface area contributed by atoms with Crippen molar-refractivity contribution < 1.29 is 0 Å². The van der Waals surface area contributed by atoms with Crippen LogP contribution in [0, 0.1) is 6.92 Å². The predicted molar refractivity (Wildman–Crippen MR) is 91.6 cm³/mol. The largest absolute Gasteiger partial charge is 0.304 e. The summed E-state index contributed by atoms with van der Waals surface area (Å²) in [4.78, 5) is 0.